The van der Waals surface area contributed by atoms with Crippen molar-refractivity contribution in [3.05, 3.63) is 127 Å². The van der Waals surface area contributed by atoms with E-state index in [-0.39, 0.29) is 43.5 Å². The number of allylic oxidation sites excluding steroid dienone is 2. The maximum Gasteiger partial charge on any atom is 0.208 e. The maximum atomic E-state index is 13.7. The quantitative estimate of drug-likeness (QED) is 0.0601. The summed E-state index contributed by atoms with van der Waals surface area (Å²) < 4.78 is 33.4. The molecule has 1 aliphatic rings. The van der Waals surface area contributed by atoms with E-state index in [1.165, 1.54) is 6.08 Å². The predicted octanol–water partition coefficient (Wildman–Crippen LogP) is 11.9. The van der Waals surface area contributed by atoms with Gasteiger partial charge in [0.15, 0.2) is 5.78 Å². The summed E-state index contributed by atoms with van der Waals surface area (Å²) in [6, 6.07) is 34.0. The summed E-state index contributed by atoms with van der Waals surface area (Å²) in [7, 11) is -3.62. The van der Waals surface area contributed by atoms with Crippen LogP contribution in [-0.4, -0.2) is 24.3 Å². The summed E-state index contributed by atoms with van der Waals surface area (Å²) in [5.74, 6) is 1.99. The first-order valence-corrected chi connectivity index (χ1v) is 20.0. The number of aromatic nitrogens is 1. The number of fused-ring (bicyclic) bond motifs is 7. The van der Waals surface area contributed by atoms with Crippen LogP contribution in [0.4, 0.5) is 0 Å². The van der Waals surface area contributed by atoms with Gasteiger partial charge in [-0.15, -0.1) is 29.8 Å². The summed E-state index contributed by atoms with van der Waals surface area (Å²) in [6.07, 6.45) is 7.52. The molecule has 54 heavy (non-hydrogen) atoms. The summed E-state index contributed by atoms with van der Waals surface area (Å²) in [5, 5.41) is 13.2. The maximum absolute atomic E-state index is 13.7. The third-order valence-corrected chi connectivity index (χ3v) is 12.2. The number of ether oxygens (including phenoxy) is 1. The fourth-order valence-corrected chi connectivity index (χ4v) is 9.02. The third kappa shape index (κ3) is 8.07. The van der Waals surface area contributed by atoms with Gasteiger partial charge in [-0.3, -0.25) is 4.79 Å². The molecule has 0 bridgehead atoms. The van der Waals surface area contributed by atoms with Gasteiger partial charge < -0.3 is 14.8 Å². The summed E-state index contributed by atoms with van der Waals surface area (Å²) >= 11 is 0. The van der Waals surface area contributed by atoms with E-state index in [2.05, 4.69) is 18.0 Å². The van der Waals surface area contributed by atoms with Gasteiger partial charge in [0, 0.05) is 66.5 Å². The van der Waals surface area contributed by atoms with Crippen LogP contribution >= 0.6 is 0 Å². The first-order chi connectivity index (χ1) is 25.6. The molecule has 0 aliphatic carbocycles. The number of aryl methyl sites for hydroxylation is 1. The molecule has 0 saturated carbocycles. The van der Waals surface area contributed by atoms with E-state index in [1.807, 2.05) is 119 Å². The summed E-state index contributed by atoms with van der Waals surface area (Å²) in [5.41, 5.74) is 4.26. The Morgan fingerprint density at radius 2 is 1.43 bits per heavy atom. The second-order valence-corrected chi connectivity index (χ2v) is 15.3. The number of para-hydroxylation sites is 1. The van der Waals surface area contributed by atoms with Crippen molar-refractivity contribution < 1.29 is 43.2 Å². The molecule has 0 spiro atoms. The number of aliphatic hydroxyl groups is 1. The molecule has 0 fully saturated rings. The Kier molecular flexibility index (Phi) is 13.3. The van der Waals surface area contributed by atoms with E-state index in [4.69, 9.17) is 4.74 Å². The number of nitrogens with zero attached hydrogens (tertiary/aromatic N) is 1. The normalized spacial score (nSPS) is 12.9. The monoisotopic (exact) mass is 917 g/mol. The smallest absolute Gasteiger partial charge is 0.208 e. The summed E-state index contributed by atoms with van der Waals surface area (Å²) in [4.78, 5) is 17.2. The van der Waals surface area contributed by atoms with Crippen molar-refractivity contribution in [1.82, 2.24) is 4.98 Å². The van der Waals surface area contributed by atoms with Crippen LogP contribution in [0, 0.1) is 17.9 Å². The predicted molar refractivity (Wildman–Crippen MR) is 214 cm³/mol. The molecule has 1 aromatic heterocycles. The van der Waals surface area contributed by atoms with Crippen LogP contribution in [0.5, 0.6) is 11.5 Å². The van der Waals surface area contributed by atoms with Crippen LogP contribution in [0.3, 0.4) is 0 Å². The van der Waals surface area contributed by atoms with Gasteiger partial charge in [0.2, 0.25) is 9.84 Å². The second kappa shape index (κ2) is 17.7. The van der Waals surface area contributed by atoms with Crippen molar-refractivity contribution >= 4 is 37.2 Å². The number of hydrogen-bond acceptors (Lipinski definition) is 6. The topological polar surface area (TPSA) is 93.6 Å². The van der Waals surface area contributed by atoms with E-state index in [0.29, 0.717) is 15.5 Å². The van der Waals surface area contributed by atoms with Crippen LogP contribution in [-0.2, 0) is 41.2 Å². The molecule has 8 heteroatoms. The Morgan fingerprint density at radius 3 is 2.11 bits per heavy atom. The van der Waals surface area contributed by atoms with E-state index in [9.17, 15) is 18.3 Å². The number of pyridine rings is 1. The van der Waals surface area contributed by atoms with Gasteiger partial charge in [0.05, 0.1) is 15.6 Å². The van der Waals surface area contributed by atoms with Crippen LogP contribution < -0.4 is 4.74 Å². The molecule has 0 unspecified atom stereocenters. The Morgan fingerprint density at radius 1 is 0.759 bits per heavy atom. The minimum absolute atomic E-state index is 0. The van der Waals surface area contributed by atoms with Crippen molar-refractivity contribution in [1.29, 1.82) is 0 Å². The number of benzene rings is 5. The number of hydrogen-bond donors (Lipinski definition) is 1. The first-order valence-electron chi connectivity index (χ1n) is 18.6. The number of sulfone groups is 1. The molecular formula is C46H46IrNO5S-. The average molecular weight is 917 g/mol. The molecule has 7 rings (SSSR count). The molecular weight excluding hydrogens is 871 g/mol. The molecule has 1 radical (unpaired) electrons. The van der Waals surface area contributed by atoms with Crippen molar-refractivity contribution in [3.63, 3.8) is 0 Å². The van der Waals surface area contributed by atoms with Crippen LogP contribution in [0.2, 0.25) is 0 Å². The fraction of sp³-hybridized carbons (Fsp3) is 0.261. The van der Waals surface area contributed by atoms with Crippen molar-refractivity contribution in [2.45, 2.75) is 76.5 Å². The molecule has 6 aromatic rings. The molecule has 5 aromatic carbocycles. The minimum Gasteiger partial charge on any atom is -0.512 e. The van der Waals surface area contributed by atoms with Gasteiger partial charge in [-0.2, -0.15) is 0 Å². The number of rotatable bonds is 11. The van der Waals surface area contributed by atoms with E-state index in [0.717, 1.165) is 87.3 Å². The molecule has 0 atom stereocenters. The average Bonchev–Trinajstić information content (AvgIpc) is 3.41. The van der Waals surface area contributed by atoms with Gasteiger partial charge >= 0.3 is 0 Å². The molecule has 1 aliphatic heterocycles. The zero-order chi connectivity index (χ0) is 37.7. The number of carbonyl (C=O) groups excluding carboxylic acids is 1. The van der Waals surface area contributed by atoms with E-state index in [1.54, 1.807) is 12.3 Å². The standard InChI is InChI=1S/C33H22NO3S.C13H24O2.Ir/c1-2-21-11-16-31-30(19-21)29-14-12-25-26-17-18-34-32(27(26)13-15-28(25)33(29)38(31,35)36)22-7-6-10-24(20-22)37-23-8-4-3-5-9-23;1-5-10(6-2)12(14)9-13(15)11(7-3)8-4;/h3-6,8-20H,2H2,1H3;9-11,14H,5-8H2,1-4H3;/q-1;;/b;12-9-;. The molecule has 0 amide bonds. The van der Waals surface area contributed by atoms with Gasteiger partial charge in [-0.1, -0.05) is 83.1 Å². The molecule has 1 N–H and O–H groups in total. The Labute approximate surface area is 332 Å². The van der Waals surface area contributed by atoms with Crippen LogP contribution in [0.25, 0.3) is 43.9 Å². The second-order valence-electron chi connectivity index (χ2n) is 13.4. The molecule has 281 valence electrons. The minimum atomic E-state index is -3.62. The molecule has 6 nitrogen and oxygen atoms in total. The van der Waals surface area contributed by atoms with Crippen molar-refractivity contribution in [2.24, 2.45) is 11.8 Å². The number of aliphatic hydroxyl groups excluding tert-OH is 1. The SMILES string of the molecule is CCC(CC)C(=O)/C=C(\O)C(CC)CC.CCc1ccc2c(c1)-c1ccc3c(ccc4c(-c5[c-]ccc(Oc6ccccc6)c5)nccc43)c1S2(=O)=O.[Ir]. The van der Waals surface area contributed by atoms with Gasteiger partial charge in [0.25, 0.3) is 0 Å². The number of carbonyl (C=O) groups is 1. The van der Waals surface area contributed by atoms with Crippen LogP contribution in [0.1, 0.15) is 65.9 Å². The van der Waals surface area contributed by atoms with Gasteiger partial charge in [-0.05, 0) is 89.9 Å². The zero-order valence-electron chi connectivity index (χ0n) is 31.4. The fourth-order valence-electron chi connectivity index (χ4n) is 7.16. The molecule has 0 saturated heterocycles. The van der Waals surface area contributed by atoms with E-state index < -0.39 is 9.84 Å². The molecule has 2 heterocycles. The number of ketones is 1. The van der Waals surface area contributed by atoms with E-state index >= 15 is 0 Å². The largest absolute Gasteiger partial charge is 0.512 e. The van der Waals surface area contributed by atoms with Gasteiger partial charge in [-0.25, -0.2) is 8.42 Å². The third-order valence-electron chi connectivity index (χ3n) is 10.3. The van der Waals surface area contributed by atoms with Gasteiger partial charge in [0.1, 0.15) is 5.75 Å². The van der Waals surface area contributed by atoms with Crippen molar-refractivity contribution in [2.75, 3.05) is 0 Å². The first kappa shape index (κ1) is 40.6. The van der Waals surface area contributed by atoms with Crippen molar-refractivity contribution in [3.8, 4) is 33.9 Å². The Bertz CT molecular complexity index is 2420. The Balaban J connectivity index is 0.000000301. The van der Waals surface area contributed by atoms with Crippen LogP contribution in [0.15, 0.2) is 125 Å². The zero-order valence-corrected chi connectivity index (χ0v) is 34.6. The summed E-state index contributed by atoms with van der Waals surface area (Å²) in [6.45, 7) is 10.1. The Hall–Kier alpha value is -4.62.